The van der Waals surface area contributed by atoms with Crippen LogP contribution < -0.4 is 4.74 Å². The van der Waals surface area contributed by atoms with Crippen molar-refractivity contribution in [2.24, 2.45) is 0 Å². The summed E-state index contributed by atoms with van der Waals surface area (Å²) in [7, 11) is 0. The summed E-state index contributed by atoms with van der Waals surface area (Å²) in [5.41, 5.74) is 2.79. The molecule has 0 saturated carbocycles. The first-order valence-electron chi connectivity index (χ1n) is 7.24. The fraction of sp³-hybridized carbons (Fsp3) is 0.0500. The molecule has 0 heterocycles. The number of benzene rings is 2. The van der Waals surface area contributed by atoms with Crippen LogP contribution in [0, 0.1) is 0 Å². The maximum absolute atomic E-state index is 12.1. The summed E-state index contributed by atoms with van der Waals surface area (Å²) in [6, 6.07) is 17.6. The Morgan fingerprint density at radius 3 is 2.36 bits per heavy atom. The van der Waals surface area contributed by atoms with Crippen LogP contribution in [-0.2, 0) is 4.79 Å². The molecule has 0 aliphatic heterocycles. The van der Waals surface area contributed by atoms with Crippen LogP contribution in [0.3, 0.4) is 0 Å². The predicted molar refractivity (Wildman–Crippen MR) is 88.5 cm³/mol. The highest BCUT2D eigenvalue weighted by Gasteiger charge is 2.09. The van der Waals surface area contributed by atoms with Gasteiger partial charge in [0.25, 0.3) is 0 Å². The molecule has 3 rings (SSSR count). The molecule has 0 saturated heterocycles. The zero-order valence-corrected chi connectivity index (χ0v) is 12.1. The van der Waals surface area contributed by atoms with Gasteiger partial charge >= 0.3 is 5.97 Å². The van der Waals surface area contributed by atoms with Gasteiger partial charge in [-0.15, -0.1) is 0 Å². The van der Waals surface area contributed by atoms with Crippen LogP contribution >= 0.6 is 0 Å². The van der Waals surface area contributed by atoms with Crippen molar-refractivity contribution in [3.8, 4) is 16.9 Å². The molecule has 1 aliphatic carbocycles. The SMILES string of the molecule is O=C(Oc1ccc(-c2ccccc2)cc1)C1=CC=CCC=C1. The van der Waals surface area contributed by atoms with Crippen molar-refractivity contribution in [2.45, 2.75) is 6.42 Å². The van der Waals surface area contributed by atoms with Crippen molar-refractivity contribution in [1.82, 2.24) is 0 Å². The summed E-state index contributed by atoms with van der Waals surface area (Å²) in [4.78, 5) is 12.1. The lowest BCUT2D eigenvalue weighted by molar-refractivity contribution is -0.129. The molecule has 22 heavy (non-hydrogen) atoms. The van der Waals surface area contributed by atoms with E-state index in [0.29, 0.717) is 11.3 Å². The smallest absolute Gasteiger partial charge is 0.343 e. The van der Waals surface area contributed by atoms with Crippen LogP contribution in [0.1, 0.15) is 6.42 Å². The molecule has 1 aliphatic rings. The number of ether oxygens (including phenoxy) is 1. The first kappa shape index (κ1) is 14.1. The summed E-state index contributed by atoms with van der Waals surface area (Å²) in [5.74, 6) is 0.211. The number of carbonyl (C=O) groups excluding carboxylic acids is 1. The van der Waals surface area contributed by atoms with Gasteiger partial charge in [0.15, 0.2) is 0 Å². The molecule has 0 fully saturated rings. The third kappa shape index (κ3) is 3.41. The predicted octanol–water partition coefficient (Wildman–Crippen LogP) is 4.70. The molecular weight excluding hydrogens is 272 g/mol. The number of hydrogen-bond donors (Lipinski definition) is 0. The molecule has 2 heteroatoms. The van der Waals surface area contributed by atoms with E-state index in [9.17, 15) is 4.79 Å². The van der Waals surface area contributed by atoms with E-state index in [1.165, 1.54) is 0 Å². The fourth-order valence-electron chi connectivity index (χ4n) is 2.23. The van der Waals surface area contributed by atoms with Gasteiger partial charge in [-0.1, -0.05) is 66.8 Å². The highest BCUT2D eigenvalue weighted by Crippen LogP contribution is 2.22. The average Bonchev–Trinajstić information content (AvgIpc) is 2.86. The Balaban J connectivity index is 1.72. The summed E-state index contributed by atoms with van der Waals surface area (Å²) < 4.78 is 5.41. The third-order valence-electron chi connectivity index (χ3n) is 3.39. The van der Waals surface area contributed by atoms with E-state index in [2.05, 4.69) is 12.1 Å². The van der Waals surface area contributed by atoms with Gasteiger partial charge in [0.1, 0.15) is 5.75 Å². The van der Waals surface area contributed by atoms with E-state index in [4.69, 9.17) is 4.74 Å². The minimum atomic E-state index is -0.338. The van der Waals surface area contributed by atoms with Gasteiger partial charge in [0, 0.05) is 0 Å². The van der Waals surface area contributed by atoms with Crippen LogP contribution in [0.2, 0.25) is 0 Å². The molecular formula is C20H16O2. The van der Waals surface area contributed by atoms with E-state index in [1.54, 1.807) is 12.2 Å². The largest absolute Gasteiger partial charge is 0.423 e. The molecule has 0 amide bonds. The Morgan fingerprint density at radius 2 is 1.59 bits per heavy atom. The maximum Gasteiger partial charge on any atom is 0.343 e. The highest BCUT2D eigenvalue weighted by molar-refractivity contribution is 5.93. The molecule has 0 radical (unpaired) electrons. The topological polar surface area (TPSA) is 26.3 Å². The molecule has 0 bridgehead atoms. The Kier molecular flexibility index (Phi) is 4.30. The minimum Gasteiger partial charge on any atom is -0.423 e. The third-order valence-corrected chi connectivity index (χ3v) is 3.39. The Morgan fingerprint density at radius 1 is 0.864 bits per heavy atom. The summed E-state index contributed by atoms with van der Waals surface area (Å²) in [5, 5.41) is 0. The second kappa shape index (κ2) is 6.72. The minimum absolute atomic E-state index is 0.338. The standard InChI is InChI=1S/C20H16O2/c21-20(18-10-4-1-2-5-11-18)22-19-14-12-17(13-15-19)16-8-6-3-7-9-16/h1,3-15H,2H2. The van der Waals surface area contributed by atoms with Crippen LogP contribution in [-0.4, -0.2) is 5.97 Å². The first-order chi connectivity index (χ1) is 10.8. The van der Waals surface area contributed by atoms with E-state index < -0.39 is 0 Å². The van der Waals surface area contributed by atoms with Crippen LogP contribution in [0.4, 0.5) is 0 Å². The number of hydrogen-bond acceptors (Lipinski definition) is 2. The van der Waals surface area contributed by atoms with Crippen molar-refractivity contribution in [2.75, 3.05) is 0 Å². The lowest BCUT2D eigenvalue weighted by Gasteiger charge is -2.06. The van der Waals surface area contributed by atoms with E-state index >= 15 is 0 Å². The fourth-order valence-corrected chi connectivity index (χ4v) is 2.23. The van der Waals surface area contributed by atoms with E-state index in [0.717, 1.165) is 17.5 Å². The summed E-state index contributed by atoms with van der Waals surface area (Å²) in [6.07, 6.45) is 10.2. The molecule has 0 atom stereocenters. The zero-order chi connectivity index (χ0) is 15.2. The van der Waals surface area contributed by atoms with E-state index in [1.807, 2.05) is 60.7 Å². The van der Waals surface area contributed by atoms with Crippen molar-refractivity contribution in [3.05, 3.63) is 90.6 Å². The van der Waals surface area contributed by atoms with Crippen LogP contribution in [0.15, 0.2) is 90.6 Å². The number of rotatable bonds is 3. The van der Waals surface area contributed by atoms with Crippen LogP contribution in [0.25, 0.3) is 11.1 Å². The van der Waals surface area contributed by atoms with E-state index in [-0.39, 0.29) is 5.97 Å². The molecule has 2 nitrogen and oxygen atoms in total. The number of carbonyl (C=O) groups is 1. The lowest BCUT2D eigenvalue weighted by atomic mass is 10.1. The summed E-state index contributed by atoms with van der Waals surface area (Å²) in [6.45, 7) is 0. The van der Waals surface area contributed by atoms with Gasteiger partial charge in [-0.3, -0.25) is 0 Å². The Bertz CT molecular complexity index is 735. The second-order valence-electron chi connectivity index (χ2n) is 4.97. The van der Waals surface area contributed by atoms with Gasteiger partial charge in [0.2, 0.25) is 0 Å². The first-order valence-corrected chi connectivity index (χ1v) is 7.24. The van der Waals surface area contributed by atoms with Gasteiger partial charge in [0.05, 0.1) is 5.57 Å². The second-order valence-corrected chi connectivity index (χ2v) is 4.97. The molecule has 2 aromatic carbocycles. The number of esters is 1. The van der Waals surface area contributed by atoms with Crippen molar-refractivity contribution >= 4 is 5.97 Å². The lowest BCUT2D eigenvalue weighted by Crippen LogP contribution is -2.09. The van der Waals surface area contributed by atoms with Gasteiger partial charge in [-0.25, -0.2) is 4.79 Å². The van der Waals surface area contributed by atoms with Gasteiger partial charge < -0.3 is 4.74 Å². The summed E-state index contributed by atoms with van der Waals surface area (Å²) >= 11 is 0. The normalized spacial score (nSPS) is 13.4. The molecule has 2 aromatic rings. The molecule has 0 aromatic heterocycles. The maximum atomic E-state index is 12.1. The quantitative estimate of drug-likeness (QED) is 0.604. The van der Waals surface area contributed by atoms with Gasteiger partial charge in [-0.05, 0) is 35.8 Å². The molecule has 108 valence electrons. The Hall–Kier alpha value is -2.87. The average molecular weight is 288 g/mol. The van der Waals surface area contributed by atoms with Crippen LogP contribution in [0.5, 0.6) is 5.75 Å². The van der Waals surface area contributed by atoms with Gasteiger partial charge in [-0.2, -0.15) is 0 Å². The monoisotopic (exact) mass is 288 g/mol. The number of allylic oxidation sites excluding steroid dienone is 4. The Labute approximate surface area is 130 Å². The molecule has 0 N–H and O–H groups in total. The zero-order valence-electron chi connectivity index (χ0n) is 12.1. The van der Waals surface area contributed by atoms with Crippen molar-refractivity contribution in [1.29, 1.82) is 0 Å². The molecule has 0 spiro atoms. The highest BCUT2D eigenvalue weighted by atomic mass is 16.5. The van der Waals surface area contributed by atoms with Crippen molar-refractivity contribution in [3.63, 3.8) is 0 Å². The molecule has 0 unspecified atom stereocenters. The van der Waals surface area contributed by atoms with Crippen molar-refractivity contribution < 1.29 is 9.53 Å².